The second-order valence-electron chi connectivity index (χ2n) is 9.28. The average Bonchev–Trinajstić information content (AvgIpc) is 3.28. The smallest absolute Gasteiger partial charge is 0.238 e. The Morgan fingerprint density at radius 1 is 1.25 bits per heavy atom. The van der Waals surface area contributed by atoms with Crippen molar-refractivity contribution in [1.29, 1.82) is 0 Å². The molecule has 1 unspecified atom stereocenters. The predicted octanol–water partition coefficient (Wildman–Crippen LogP) is 3.40. The molecule has 3 aromatic rings. The second-order valence-corrected chi connectivity index (χ2v) is 10.6. The number of halogens is 2. The standard InChI is InChI=1S/C26H31BrClN7O/c1-29-26-32-9-11-34(26)10-2-7-31-25(36)22-16-35(12-8-30-22)24-21-6-5-20(28)14-17(21)3-4-18-13-19(27)15-33-23(18)24/h5-6,9,11,13-15,22,24,30H,2-4,7-8,10,12,16H2,1H3,(H,29,32)(H,31,36)/t22-,24?/m1/s1. The molecule has 2 atom stereocenters. The van der Waals surface area contributed by atoms with Crippen molar-refractivity contribution < 1.29 is 4.79 Å². The minimum atomic E-state index is -0.280. The van der Waals surface area contributed by atoms with Crippen LogP contribution in [0.15, 0.2) is 47.3 Å². The van der Waals surface area contributed by atoms with E-state index < -0.39 is 0 Å². The van der Waals surface area contributed by atoms with E-state index in [2.05, 4.69) is 60.0 Å². The Balaban J connectivity index is 1.29. The van der Waals surface area contributed by atoms with Gasteiger partial charge in [0.25, 0.3) is 0 Å². The first-order chi connectivity index (χ1) is 17.5. The monoisotopic (exact) mass is 571 g/mol. The molecule has 1 saturated heterocycles. The number of nitrogens with zero attached hydrogens (tertiary/aromatic N) is 4. The highest BCUT2D eigenvalue weighted by atomic mass is 79.9. The number of nitrogens with one attached hydrogen (secondary N) is 3. The van der Waals surface area contributed by atoms with Crippen molar-refractivity contribution in [3.05, 3.63) is 74.7 Å². The molecular formula is C26H31BrClN7O. The zero-order valence-corrected chi connectivity index (χ0v) is 22.6. The van der Waals surface area contributed by atoms with Crippen LogP contribution in [0, 0.1) is 0 Å². The van der Waals surface area contributed by atoms with Gasteiger partial charge in [-0.2, -0.15) is 0 Å². The van der Waals surface area contributed by atoms with E-state index in [4.69, 9.17) is 16.6 Å². The molecule has 1 fully saturated rings. The van der Waals surface area contributed by atoms with Gasteiger partial charge in [0.2, 0.25) is 11.9 Å². The third-order valence-electron chi connectivity index (χ3n) is 6.99. The number of fused-ring (bicyclic) bond motifs is 2. The van der Waals surface area contributed by atoms with Gasteiger partial charge in [0.15, 0.2) is 0 Å². The summed E-state index contributed by atoms with van der Waals surface area (Å²) in [4.78, 5) is 24.6. The fraction of sp³-hybridized carbons (Fsp3) is 0.423. The van der Waals surface area contributed by atoms with Crippen molar-refractivity contribution in [3.63, 3.8) is 0 Å². The van der Waals surface area contributed by atoms with Crippen LogP contribution in [0.1, 0.15) is 34.8 Å². The van der Waals surface area contributed by atoms with Crippen LogP contribution in [-0.4, -0.2) is 64.6 Å². The summed E-state index contributed by atoms with van der Waals surface area (Å²) < 4.78 is 3.03. The lowest BCUT2D eigenvalue weighted by Crippen LogP contribution is -2.58. The third kappa shape index (κ3) is 5.44. The summed E-state index contributed by atoms with van der Waals surface area (Å²) in [7, 11) is 1.86. The number of benzene rings is 1. The largest absolute Gasteiger partial charge is 0.359 e. The summed E-state index contributed by atoms with van der Waals surface area (Å²) in [6.07, 6.45) is 8.25. The number of rotatable bonds is 7. The van der Waals surface area contributed by atoms with E-state index in [1.165, 1.54) is 16.7 Å². The number of hydrogen-bond donors (Lipinski definition) is 3. The van der Waals surface area contributed by atoms with Gasteiger partial charge < -0.3 is 20.5 Å². The van der Waals surface area contributed by atoms with Crippen LogP contribution in [0.4, 0.5) is 5.95 Å². The normalized spacial score (nSPS) is 19.8. The van der Waals surface area contributed by atoms with E-state index in [0.29, 0.717) is 13.1 Å². The second kappa shape index (κ2) is 11.3. The highest BCUT2D eigenvalue weighted by Crippen LogP contribution is 2.37. The fourth-order valence-corrected chi connectivity index (χ4v) is 5.84. The Morgan fingerprint density at radius 3 is 2.97 bits per heavy atom. The Labute approximate surface area is 225 Å². The number of anilines is 1. The summed E-state index contributed by atoms with van der Waals surface area (Å²) in [6, 6.07) is 8.06. The number of piperazine rings is 1. The van der Waals surface area contributed by atoms with E-state index in [0.717, 1.165) is 60.0 Å². The molecule has 2 aromatic heterocycles. The SMILES string of the molecule is CNc1nccn1CCCNC(=O)[C@H]1CN(C2c3ccc(Cl)cc3CCc3cc(Br)cnc32)CCN1. The molecule has 0 spiro atoms. The molecule has 36 heavy (non-hydrogen) atoms. The van der Waals surface area contributed by atoms with Gasteiger partial charge in [-0.1, -0.05) is 17.7 Å². The number of carbonyl (C=O) groups is 1. The Hall–Kier alpha value is -2.46. The zero-order valence-electron chi connectivity index (χ0n) is 20.3. The van der Waals surface area contributed by atoms with E-state index in [9.17, 15) is 4.79 Å². The molecule has 1 aromatic carbocycles. The van der Waals surface area contributed by atoms with E-state index in [1.54, 1.807) is 6.20 Å². The molecule has 3 heterocycles. The molecule has 1 aliphatic carbocycles. The molecule has 8 nitrogen and oxygen atoms in total. The highest BCUT2D eigenvalue weighted by Gasteiger charge is 2.35. The Morgan fingerprint density at radius 2 is 2.11 bits per heavy atom. The zero-order chi connectivity index (χ0) is 25.1. The molecule has 2 aliphatic rings. The first kappa shape index (κ1) is 25.2. The number of pyridine rings is 1. The minimum Gasteiger partial charge on any atom is -0.359 e. The number of aromatic nitrogens is 3. The number of carbonyl (C=O) groups excluding carboxylic acids is 1. The molecule has 0 saturated carbocycles. The molecule has 10 heteroatoms. The van der Waals surface area contributed by atoms with Gasteiger partial charge in [-0.25, -0.2) is 4.98 Å². The summed E-state index contributed by atoms with van der Waals surface area (Å²) in [5, 5.41) is 10.4. The molecular weight excluding hydrogens is 542 g/mol. The first-order valence-corrected chi connectivity index (χ1v) is 13.6. The van der Waals surface area contributed by atoms with E-state index in [1.807, 2.05) is 30.1 Å². The van der Waals surface area contributed by atoms with Crippen LogP contribution in [0.5, 0.6) is 0 Å². The van der Waals surface area contributed by atoms with Gasteiger partial charge >= 0.3 is 0 Å². The van der Waals surface area contributed by atoms with Crippen molar-refractivity contribution in [2.45, 2.75) is 37.9 Å². The summed E-state index contributed by atoms with van der Waals surface area (Å²) in [5.74, 6) is 0.866. The molecule has 3 N–H and O–H groups in total. The molecule has 0 radical (unpaired) electrons. The molecule has 190 valence electrons. The number of imidazole rings is 1. The maximum atomic E-state index is 13.1. The maximum Gasteiger partial charge on any atom is 0.238 e. The van der Waals surface area contributed by atoms with E-state index in [-0.39, 0.29) is 18.0 Å². The molecule has 1 amide bonds. The van der Waals surface area contributed by atoms with Crippen molar-refractivity contribution >= 4 is 39.4 Å². The van der Waals surface area contributed by atoms with Crippen molar-refractivity contribution in [3.8, 4) is 0 Å². The van der Waals surface area contributed by atoms with Gasteiger partial charge in [-0.05, 0) is 70.1 Å². The summed E-state index contributed by atoms with van der Waals surface area (Å²) >= 11 is 9.96. The average molecular weight is 573 g/mol. The van der Waals surface area contributed by atoms with Crippen molar-refractivity contribution in [2.75, 3.05) is 38.5 Å². The van der Waals surface area contributed by atoms with Crippen LogP contribution in [0.25, 0.3) is 0 Å². The highest BCUT2D eigenvalue weighted by molar-refractivity contribution is 9.10. The lowest BCUT2D eigenvalue weighted by atomic mass is 9.95. The van der Waals surface area contributed by atoms with E-state index >= 15 is 0 Å². The predicted molar refractivity (Wildman–Crippen MR) is 145 cm³/mol. The Kier molecular flexibility index (Phi) is 7.90. The van der Waals surface area contributed by atoms with Crippen LogP contribution in [-0.2, 0) is 24.2 Å². The topological polar surface area (TPSA) is 87.1 Å². The lowest BCUT2D eigenvalue weighted by molar-refractivity contribution is -0.124. The fourth-order valence-electron chi connectivity index (χ4n) is 5.27. The molecule has 1 aliphatic heterocycles. The summed E-state index contributed by atoms with van der Waals surface area (Å²) in [6.45, 7) is 3.59. The molecule has 5 rings (SSSR count). The van der Waals surface area contributed by atoms with Gasteiger partial charge in [0.05, 0.1) is 17.8 Å². The number of aryl methyl sites for hydroxylation is 3. The molecule has 0 bridgehead atoms. The van der Waals surface area contributed by atoms with Gasteiger partial charge in [0.1, 0.15) is 0 Å². The maximum absolute atomic E-state index is 13.1. The number of hydrogen-bond acceptors (Lipinski definition) is 6. The lowest BCUT2D eigenvalue weighted by Gasteiger charge is -2.39. The van der Waals surface area contributed by atoms with Crippen molar-refractivity contribution in [1.82, 2.24) is 30.1 Å². The van der Waals surface area contributed by atoms with Crippen molar-refractivity contribution in [2.24, 2.45) is 0 Å². The first-order valence-electron chi connectivity index (χ1n) is 12.4. The van der Waals surface area contributed by atoms with Gasteiger partial charge in [-0.15, -0.1) is 0 Å². The van der Waals surface area contributed by atoms with Crippen LogP contribution >= 0.6 is 27.5 Å². The van der Waals surface area contributed by atoms with Crippen LogP contribution < -0.4 is 16.0 Å². The van der Waals surface area contributed by atoms with Crippen LogP contribution in [0.2, 0.25) is 5.02 Å². The van der Waals surface area contributed by atoms with Gasteiger partial charge in [0, 0.05) is 67.9 Å². The van der Waals surface area contributed by atoms with Crippen LogP contribution in [0.3, 0.4) is 0 Å². The van der Waals surface area contributed by atoms with Gasteiger partial charge in [-0.3, -0.25) is 14.7 Å². The third-order valence-corrected chi connectivity index (χ3v) is 7.66. The Bertz CT molecular complexity index is 1180. The number of amides is 1. The quantitative estimate of drug-likeness (QED) is 0.376. The minimum absolute atomic E-state index is 0.0125. The summed E-state index contributed by atoms with van der Waals surface area (Å²) in [5.41, 5.74) is 4.79.